The predicted octanol–water partition coefficient (Wildman–Crippen LogP) is 1.58. The van der Waals surface area contributed by atoms with Crippen molar-refractivity contribution >= 4 is 23.1 Å². The van der Waals surface area contributed by atoms with Gasteiger partial charge in [0.05, 0.1) is 12.1 Å². The fraction of sp³-hybridized carbons (Fsp3) is 0.308. The standard InChI is InChI=1S/C13H16N4O2S/c1-2-5-14-11-10(4-3-6-15-11)12(18)16-7-9-8-20-13(19)17-9/h3-4,6,8H,2,5,7H2,1H3,(H,14,15)(H,16,18)(H,17,19). The van der Waals surface area contributed by atoms with E-state index in [-0.39, 0.29) is 10.8 Å². The minimum atomic E-state index is -0.219. The molecule has 106 valence electrons. The fourth-order valence-corrected chi connectivity index (χ4v) is 2.23. The number of pyridine rings is 1. The second-order valence-electron chi connectivity index (χ2n) is 4.18. The van der Waals surface area contributed by atoms with Gasteiger partial charge >= 0.3 is 4.87 Å². The molecule has 2 heterocycles. The van der Waals surface area contributed by atoms with Gasteiger partial charge in [0.1, 0.15) is 5.82 Å². The van der Waals surface area contributed by atoms with Gasteiger partial charge in [0.25, 0.3) is 5.91 Å². The number of hydrogen-bond acceptors (Lipinski definition) is 5. The molecule has 0 bridgehead atoms. The topological polar surface area (TPSA) is 86.9 Å². The lowest BCUT2D eigenvalue weighted by Gasteiger charge is -2.10. The summed E-state index contributed by atoms with van der Waals surface area (Å²) in [5.41, 5.74) is 1.19. The molecule has 3 N–H and O–H groups in total. The summed E-state index contributed by atoms with van der Waals surface area (Å²) < 4.78 is 0. The van der Waals surface area contributed by atoms with Crippen molar-refractivity contribution in [3.63, 3.8) is 0 Å². The van der Waals surface area contributed by atoms with E-state index in [0.29, 0.717) is 23.6 Å². The van der Waals surface area contributed by atoms with Gasteiger partial charge in [-0.1, -0.05) is 18.3 Å². The zero-order valence-corrected chi connectivity index (χ0v) is 11.9. The van der Waals surface area contributed by atoms with Gasteiger partial charge in [0, 0.05) is 23.8 Å². The number of hydrogen-bond donors (Lipinski definition) is 3. The first-order valence-electron chi connectivity index (χ1n) is 6.34. The monoisotopic (exact) mass is 292 g/mol. The molecule has 2 rings (SSSR count). The molecule has 20 heavy (non-hydrogen) atoms. The Morgan fingerprint density at radius 1 is 1.50 bits per heavy atom. The van der Waals surface area contributed by atoms with E-state index in [9.17, 15) is 9.59 Å². The largest absolute Gasteiger partial charge is 0.369 e. The predicted molar refractivity (Wildman–Crippen MR) is 79.1 cm³/mol. The van der Waals surface area contributed by atoms with Crippen LogP contribution in [-0.4, -0.2) is 22.4 Å². The van der Waals surface area contributed by atoms with E-state index in [1.54, 1.807) is 23.7 Å². The third kappa shape index (κ3) is 3.67. The minimum absolute atomic E-state index is 0.124. The van der Waals surface area contributed by atoms with E-state index in [1.165, 1.54) is 0 Å². The third-order valence-electron chi connectivity index (χ3n) is 2.61. The van der Waals surface area contributed by atoms with Crippen molar-refractivity contribution in [2.24, 2.45) is 0 Å². The Morgan fingerprint density at radius 2 is 2.35 bits per heavy atom. The maximum absolute atomic E-state index is 12.1. The maximum atomic E-state index is 12.1. The van der Waals surface area contributed by atoms with Crippen molar-refractivity contribution < 1.29 is 4.79 Å². The Hall–Kier alpha value is -2.15. The van der Waals surface area contributed by atoms with E-state index in [2.05, 4.69) is 20.6 Å². The quantitative estimate of drug-likeness (QED) is 0.754. The second kappa shape index (κ2) is 6.85. The molecule has 0 spiro atoms. The van der Waals surface area contributed by atoms with Gasteiger partial charge in [-0.05, 0) is 18.6 Å². The summed E-state index contributed by atoms with van der Waals surface area (Å²) in [6.07, 6.45) is 2.60. The zero-order chi connectivity index (χ0) is 14.4. The first-order chi connectivity index (χ1) is 9.70. The molecule has 0 unspecified atom stereocenters. The van der Waals surface area contributed by atoms with Crippen LogP contribution in [-0.2, 0) is 6.54 Å². The number of amides is 1. The third-order valence-corrected chi connectivity index (χ3v) is 3.32. The van der Waals surface area contributed by atoms with Crippen molar-refractivity contribution in [2.45, 2.75) is 19.9 Å². The highest BCUT2D eigenvalue weighted by molar-refractivity contribution is 7.07. The van der Waals surface area contributed by atoms with Crippen LogP contribution in [0.15, 0.2) is 28.5 Å². The number of nitrogens with zero attached hydrogens (tertiary/aromatic N) is 1. The van der Waals surface area contributed by atoms with Crippen LogP contribution < -0.4 is 15.5 Å². The van der Waals surface area contributed by atoms with Crippen LogP contribution in [0.2, 0.25) is 0 Å². The fourth-order valence-electron chi connectivity index (χ4n) is 1.64. The van der Waals surface area contributed by atoms with Crippen LogP contribution in [0.5, 0.6) is 0 Å². The first kappa shape index (κ1) is 14.3. The van der Waals surface area contributed by atoms with Crippen molar-refractivity contribution in [1.82, 2.24) is 15.3 Å². The SMILES string of the molecule is CCCNc1ncccc1C(=O)NCc1csc(=O)[nH]1. The second-order valence-corrected chi connectivity index (χ2v) is 5.02. The van der Waals surface area contributed by atoms with Gasteiger partial charge in [-0.25, -0.2) is 4.98 Å². The van der Waals surface area contributed by atoms with Crippen LogP contribution >= 0.6 is 11.3 Å². The molecule has 0 radical (unpaired) electrons. The Labute approximate surface area is 120 Å². The smallest absolute Gasteiger partial charge is 0.304 e. The Bertz CT molecular complexity index is 635. The van der Waals surface area contributed by atoms with E-state index < -0.39 is 0 Å². The summed E-state index contributed by atoms with van der Waals surface area (Å²) in [5.74, 6) is 0.356. The summed E-state index contributed by atoms with van der Waals surface area (Å²) in [6.45, 7) is 3.09. The molecule has 6 nitrogen and oxygen atoms in total. The maximum Gasteiger partial charge on any atom is 0.304 e. The number of carbonyl (C=O) groups excluding carboxylic acids is 1. The van der Waals surface area contributed by atoms with Crippen LogP contribution in [0, 0.1) is 0 Å². The minimum Gasteiger partial charge on any atom is -0.369 e. The summed E-state index contributed by atoms with van der Waals surface area (Å²) in [6, 6.07) is 3.44. The summed E-state index contributed by atoms with van der Waals surface area (Å²) in [4.78, 5) is 29.8. The molecular formula is C13H16N4O2S. The number of anilines is 1. The number of H-pyrrole nitrogens is 1. The molecule has 0 saturated heterocycles. The molecule has 0 aliphatic rings. The Kier molecular flexibility index (Phi) is 4.89. The summed E-state index contributed by atoms with van der Waals surface area (Å²) in [7, 11) is 0. The Morgan fingerprint density at radius 3 is 3.05 bits per heavy atom. The van der Waals surface area contributed by atoms with Crippen molar-refractivity contribution in [3.8, 4) is 0 Å². The molecule has 0 atom stereocenters. The number of aromatic nitrogens is 2. The van der Waals surface area contributed by atoms with Gasteiger partial charge in [-0.15, -0.1) is 0 Å². The summed E-state index contributed by atoms with van der Waals surface area (Å²) in [5, 5.41) is 7.58. The van der Waals surface area contributed by atoms with Crippen LogP contribution in [0.25, 0.3) is 0 Å². The molecule has 2 aromatic heterocycles. The van der Waals surface area contributed by atoms with Crippen molar-refractivity contribution in [1.29, 1.82) is 0 Å². The van der Waals surface area contributed by atoms with E-state index in [1.807, 2.05) is 6.92 Å². The highest BCUT2D eigenvalue weighted by atomic mass is 32.1. The van der Waals surface area contributed by atoms with Gasteiger partial charge < -0.3 is 15.6 Å². The Balaban J connectivity index is 2.03. The van der Waals surface area contributed by atoms with Crippen molar-refractivity contribution in [3.05, 3.63) is 44.6 Å². The lowest BCUT2D eigenvalue weighted by molar-refractivity contribution is 0.0951. The average molecular weight is 292 g/mol. The molecule has 0 aromatic carbocycles. The average Bonchev–Trinajstić information content (AvgIpc) is 2.88. The molecule has 0 saturated carbocycles. The highest BCUT2D eigenvalue weighted by Crippen LogP contribution is 2.11. The van der Waals surface area contributed by atoms with E-state index in [0.717, 1.165) is 24.3 Å². The van der Waals surface area contributed by atoms with Crippen molar-refractivity contribution in [2.75, 3.05) is 11.9 Å². The van der Waals surface area contributed by atoms with Gasteiger partial charge in [0.15, 0.2) is 0 Å². The zero-order valence-electron chi connectivity index (χ0n) is 11.1. The molecule has 0 fully saturated rings. The number of aromatic amines is 1. The van der Waals surface area contributed by atoms with Gasteiger partial charge in [-0.3, -0.25) is 9.59 Å². The van der Waals surface area contributed by atoms with Crippen LogP contribution in [0.4, 0.5) is 5.82 Å². The highest BCUT2D eigenvalue weighted by Gasteiger charge is 2.11. The summed E-state index contributed by atoms with van der Waals surface area (Å²) >= 11 is 1.08. The molecule has 1 amide bonds. The van der Waals surface area contributed by atoms with Gasteiger partial charge in [0.2, 0.25) is 0 Å². The number of thiazole rings is 1. The molecule has 0 aliphatic heterocycles. The molecular weight excluding hydrogens is 276 g/mol. The first-order valence-corrected chi connectivity index (χ1v) is 7.22. The normalized spacial score (nSPS) is 10.2. The van der Waals surface area contributed by atoms with E-state index in [4.69, 9.17) is 0 Å². The molecule has 0 aliphatic carbocycles. The lowest BCUT2D eigenvalue weighted by Crippen LogP contribution is -2.24. The number of carbonyl (C=O) groups is 1. The van der Waals surface area contributed by atoms with Crippen LogP contribution in [0.1, 0.15) is 29.4 Å². The van der Waals surface area contributed by atoms with Gasteiger partial charge in [-0.2, -0.15) is 0 Å². The molecule has 2 aromatic rings. The molecule has 7 heteroatoms. The van der Waals surface area contributed by atoms with E-state index >= 15 is 0 Å². The number of nitrogens with one attached hydrogen (secondary N) is 3. The van der Waals surface area contributed by atoms with Crippen LogP contribution in [0.3, 0.4) is 0 Å². The lowest BCUT2D eigenvalue weighted by atomic mass is 10.2. The number of rotatable bonds is 6.